The molecule has 3 aliphatic rings. The predicted molar refractivity (Wildman–Crippen MR) is 102 cm³/mol. The van der Waals surface area contributed by atoms with Crippen LogP contribution in [-0.4, -0.2) is 0 Å². The molecule has 2 aromatic rings. The van der Waals surface area contributed by atoms with E-state index in [-0.39, 0.29) is 0 Å². The molecule has 0 heterocycles. The Kier molecular flexibility index (Phi) is 3.21. The van der Waals surface area contributed by atoms with E-state index in [1.54, 1.807) is 16.7 Å². The van der Waals surface area contributed by atoms with Crippen molar-refractivity contribution in [1.29, 1.82) is 0 Å². The molecule has 3 unspecified atom stereocenters. The number of hydrogen-bond donors (Lipinski definition) is 0. The molecule has 0 nitrogen and oxygen atoms in total. The van der Waals surface area contributed by atoms with Crippen LogP contribution in [-0.2, 0) is 18.3 Å². The lowest BCUT2D eigenvalue weighted by atomic mass is 9.62. The van der Waals surface area contributed by atoms with Crippen LogP contribution in [0.1, 0.15) is 56.2 Å². The molecule has 0 aromatic heterocycles. The van der Waals surface area contributed by atoms with Crippen LogP contribution < -0.4 is 0 Å². The molecule has 0 amide bonds. The first kappa shape index (κ1) is 14.8. The molecule has 0 heteroatoms. The van der Waals surface area contributed by atoms with Crippen LogP contribution in [0.5, 0.6) is 0 Å². The molecule has 1 saturated carbocycles. The first-order chi connectivity index (χ1) is 11.7. The van der Waals surface area contributed by atoms with E-state index in [1.807, 2.05) is 0 Å². The summed E-state index contributed by atoms with van der Waals surface area (Å²) in [4.78, 5) is 0. The van der Waals surface area contributed by atoms with Crippen molar-refractivity contribution in [3.63, 3.8) is 0 Å². The molecule has 0 aliphatic heterocycles. The van der Waals surface area contributed by atoms with Gasteiger partial charge < -0.3 is 0 Å². The van der Waals surface area contributed by atoms with Gasteiger partial charge in [-0.2, -0.15) is 0 Å². The van der Waals surface area contributed by atoms with Crippen molar-refractivity contribution in [1.82, 2.24) is 0 Å². The van der Waals surface area contributed by atoms with E-state index in [0.717, 1.165) is 11.8 Å². The quantitative estimate of drug-likeness (QED) is 0.578. The molecule has 0 saturated heterocycles. The lowest BCUT2D eigenvalue weighted by molar-refractivity contribution is 0.304. The van der Waals surface area contributed by atoms with Gasteiger partial charge in [0.15, 0.2) is 0 Å². The maximum atomic E-state index is 2.62. The Morgan fingerprint density at radius 1 is 1.17 bits per heavy atom. The lowest BCUT2D eigenvalue weighted by Crippen LogP contribution is -2.35. The summed E-state index contributed by atoms with van der Waals surface area (Å²) in [6.07, 6.45) is 13.1. The van der Waals surface area contributed by atoms with E-state index in [1.165, 1.54) is 49.3 Å². The van der Waals surface area contributed by atoms with Gasteiger partial charge in [-0.15, -0.1) is 0 Å². The monoisotopic (exact) mass is 316 g/mol. The Morgan fingerprint density at radius 2 is 2.08 bits per heavy atom. The van der Waals surface area contributed by atoms with Crippen molar-refractivity contribution in [2.75, 3.05) is 0 Å². The Morgan fingerprint density at radius 3 is 2.83 bits per heavy atom. The normalized spacial score (nSPS) is 30.6. The second kappa shape index (κ2) is 5.22. The van der Waals surface area contributed by atoms with Gasteiger partial charge in [-0.05, 0) is 83.7 Å². The summed E-state index contributed by atoms with van der Waals surface area (Å²) in [5.74, 6) is 2.37. The molecule has 3 atom stereocenters. The summed E-state index contributed by atoms with van der Waals surface area (Å²) >= 11 is 0. The van der Waals surface area contributed by atoms with Crippen molar-refractivity contribution >= 4 is 10.8 Å². The molecule has 3 aliphatic carbocycles. The summed E-state index contributed by atoms with van der Waals surface area (Å²) in [6.45, 7) is 4.67. The van der Waals surface area contributed by atoms with Crippen LogP contribution in [0.15, 0.2) is 42.5 Å². The fourth-order valence-electron chi connectivity index (χ4n) is 6.01. The molecular formula is C24H28. The van der Waals surface area contributed by atoms with E-state index in [2.05, 4.69) is 56.3 Å². The first-order valence-electron chi connectivity index (χ1n) is 9.89. The van der Waals surface area contributed by atoms with Gasteiger partial charge in [-0.3, -0.25) is 0 Å². The molecule has 0 radical (unpaired) electrons. The minimum atomic E-state index is 0.464. The molecule has 124 valence electrons. The van der Waals surface area contributed by atoms with Crippen molar-refractivity contribution in [3.8, 4) is 0 Å². The third kappa shape index (κ3) is 2.05. The highest BCUT2D eigenvalue weighted by atomic mass is 14.5. The summed E-state index contributed by atoms with van der Waals surface area (Å²) < 4.78 is 0. The second-order valence-corrected chi connectivity index (χ2v) is 8.95. The highest BCUT2D eigenvalue weighted by Crippen LogP contribution is 2.58. The Bertz CT molecular complexity index is 825. The van der Waals surface area contributed by atoms with E-state index in [9.17, 15) is 0 Å². The number of fused-ring (bicyclic) bond motifs is 6. The number of hydrogen-bond acceptors (Lipinski definition) is 0. The first-order valence-corrected chi connectivity index (χ1v) is 9.89. The standard InChI is InChI=1S/C24H28/c1-16(2)11-18-5-3-6-19-13-20-7-4-10-24(23(20)14-22(18)19)15-17-8-9-21(24)12-17/h3,5-6,8-9,13-14,16-17,21H,4,7,10-12,15H2,1-2H3. The van der Waals surface area contributed by atoms with Gasteiger partial charge in [0.25, 0.3) is 0 Å². The fourth-order valence-corrected chi connectivity index (χ4v) is 6.01. The van der Waals surface area contributed by atoms with Crippen LogP contribution in [0.4, 0.5) is 0 Å². The van der Waals surface area contributed by atoms with Crippen molar-refractivity contribution in [2.45, 2.75) is 57.8 Å². The summed E-state index contributed by atoms with van der Waals surface area (Å²) in [6, 6.07) is 12.1. The zero-order chi connectivity index (χ0) is 16.3. The van der Waals surface area contributed by atoms with Crippen LogP contribution >= 0.6 is 0 Å². The van der Waals surface area contributed by atoms with Gasteiger partial charge in [0.1, 0.15) is 0 Å². The second-order valence-electron chi connectivity index (χ2n) is 8.95. The highest BCUT2D eigenvalue weighted by Gasteiger charge is 2.50. The van der Waals surface area contributed by atoms with Gasteiger partial charge in [0.05, 0.1) is 0 Å². The average molecular weight is 316 g/mol. The molecule has 2 aromatic carbocycles. The SMILES string of the molecule is CC(C)Cc1cccc2cc3c(cc12)C1(CCC3)CC2C=CC1C2. The molecule has 1 spiro atoms. The van der Waals surface area contributed by atoms with Crippen LogP contribution in [0, 0.1) is 17.8 Å². The molecule has 5 rings (SSSR count). The lowest BCUT2D eigenvalue weighted by Gasteiger charge is -2.41. The summed E-state index contributed by atoms with van der Waals surface area (Å²) in [7, 11) is 0. The topological polar surface area (TPSA) is 0 Å². The van der Waals surface area contributed by atoms with Gasteiger partial charge in [-0.1, -0.05) is 56.3 Å². The van der Waals surface area contributed by atoms with E-state index < -0.39 is 0 Å². The number of allylic oxidation sites excluding steroid dienone is 2. The largest absolute Gasteiger partial charge is 0.0851 e. The number of rotatable bonds is 2. The third-order valence-electron chi connectivity index (χ3n) is 6.94. The fraction of sp³-hybridized carbons (Fsp3) is 0.500. The average Bonchev–Trinajstić information content (AvgIpc) is 3.15. The molecule has 1 fully saturated rings. The zero-order valence-corrected chi connectivity index (χ0v) is 15.0. The maximum absolute atomic E-state index is 2.62. The number of aryl methyl sites for hydroxylation is 1. The molecular weight excluding hydrogens is 288 g/mol. The molecule has 0 N–H and O–H groups in total. The Hall–Kier alpha value is -1.56. The minimum Gasteiger partial charge on any atom is -0.0851 e. The van der Waals surface area contributed by atoms with E-state index in [4.69, 9.17) is 0 Å². The van der Waals surface area contributed by atoms with Crippen LogP contribution in [0.3, 0.4) is 0 Å². The van der Waals surface area contributed by atoms with Crippen LogP contribution in [0.25, 0.3) is 10.8 Å². The van der Waals surface area contributed by atoms with Gasteiger partial charge in [0.2, 0.25) is 0 Å². The van der Waals surface area contributed by atoms with E-state index in [0.29, 0.717) is 11.3 Å². The van der Waals surface area contributed by atoms with Gasteiger partial charge >= 0.3 is 0 Å². The maximum Gasteiger partial charge on any atom is 0.00246 e. The van der Waals surface area contributed by atoms with Crippen molar-refractivity contribution < 1.29 is 0 Å². The Labute approximate surface area is 146 Å². The van der Waals surface area contributed by atoms with Crippen molar-refractivity contribution in [3.05, 3.63) is 59.2 Å². The highest BCUT2D eigenvalue weighted by molar-refractivity contribution is 5.88. The summed E-state index contributed by atoms with van der Waals surface area (Å²) in [5, 5.41) is 2.99. The molecule has 24 heavy (non-hydrogen) atoms. The van der Waals surface area contributed by atoms with E-state index >= 15 is 0 Å². The van der Waals surface area contributed by atoms with Gasteiger partial charge in [-0.25, -0.2) is 0 Å². The summed E-state index contributed by atoms with van der Waals surface area (Å²) in [5.41, 5.74) is 5.38. The smallest absolute Gasteiger partial charge is 0.00246 e. The Balaban J connectivity index is 1.71. The predicted octanol–water partition coefficient (Wildman–Crippen LogP) is 6.21. The zero-order valence-electron chi connectivity index (χ0n) is 15.0. The molecule has 2 bridgehead atoms. The van der Waals surface area contributed by atoms with Gasteiger partial charge in [0, 0.05) is 5.41 Å². The number of benzene rings is 2. The van der Waals surface area contributed by atoms with Crippen LogP contribution in [0.2, 0.25) is 0 Å². The van der Waals surface area contributed by atoms with Crippen molar-refractivity contribution in [2.24, 2.45) is 17.8 Å². The minimum absolute atomic E-state index is 0.464. The third-order valence-corrected chi connectivity index (χ3v) is 6.94.